The summed E-state index contributed by atoms with van der Waals surface area (Å²) in [6.07, 6.45) is 0. The fourth-order valence-electron chi connectivity index (χ4n) is 3.75. The van der Waals surface area contributed by atoms with Gasteiger partial charge in [-0.05, 0) is 36.4 Å². The highest BCUT2D eigenvalue weighted by Crippen LogP contribution is 2.52. The number of ether oxygens (including phenoxy) is 2. The minimum absolute atomic E-state index is 0.0911. The molecule has 0 spiro atoms. The van der Waals surface area contributed by atoms with Crippen LogP contribution in [0.25, 0.3) is 10.8 Å². The van der Waals surface area contributed by atoms with Gasteiger partial charge in [-0.15, -0.1) is 0 Å². The molecule has 0 saturated heterocycles. The molecule has 0 aliphatic carbocycles. The lowest BCUT2D eigenvalue weighted by Crippen LogP contribution is -2.20. The predicted octanol–water partition coefficient (Wildman–Crippen LogP) is 4.05. The van der Waals surface area contributed by atoms with E-state index in [1.54, 1.807) is 12.1 Å². The Hall–Kier alpha value is -5.04. The molecule has 40 heavy (non-hydrogen) atoms. The van der Waals surface area contributed by atoms with Crippen molar-refractivity contribution in [1.82, 2.24) is 0 Å². The van der Waals surface area contributed by atoms with Gasteiger partial charge in [0.15, 0.2) is 11.5 Å². The summed E-state index contributed by atoms with van der Waals surface area (Å²) in [4.78, 5) is 25.7. The molecule has 16 heteroatoms. The summed E-state index contributed by atoms with van der Waals surface area (Å²) in [5.41, 5.74) is -4.37. The summed E-state index contributed by atoms with van der Waals surface area (Å²) in [6.45, 7) is 0. The first-order chi connectivity index (χ1) is 19.0. The van der Waals surface area contributed by atoms with E-state index in [2.05, 4.69) is 0 Å². The van der Waals surface area contributed by atoms with Gasteiger partial charge in [-0.2, -0.15) is 0 Å². The summed E-state index contributed by atoms with van der Waals surface area (Å²) in [5.74, 6) is -4.28. The molecule has 0 heterocycles. The maximum atomic E-state index is 12.9. The molecular weight excluding hydrogens is 536 g/mol. The van der Waals surface area contributed by atoms with Crippen LogP contribution in [-0.2, 0) is 0 Å². The van der Waals surface area contributed by atoms with Gasteiger partial charge in [0.05, 0.1) is 44.6 Å². The molecular formula is C24H16N4O12-4. The zero-order valence-electron chi connectivity index (χ0n) is 19.8. The second kappa shape index (κ2) is 11.4. The van der Waals surface area contributed by atoms with Gasteiger partial charge in [0.1, 0.15) is 0 Å². The van der Waals surface area contributed by atoms with E-state index in [0.29, 0.717) is 12.1 Å². The molecule has 4 N–H and O–H groups in total. The minimum atomic E-state index is -1.17. The number of esters is 2. The third-order valence-corrected chi connectivity index (χ3v) is 5.46. The average Bonchev–Trinajstić information content (AvgIpc) is 2.93. The van der Waals surface area contributed by atoms with Gasteiger partial charge in [-0.3, -0.25) is 20.8 Å². The highest BCUT2D eigenvalue weighted by molar-refractivity contribution is 6.16. The number of carbonyl (C=O) groups is 2. The molecule has 0 atom stereocenters. The van der Waals surface area contributed by atoms with E-state index >= 15 is 0 Å². The first kappa shape index (κ1) is 28.0. The third kappa shape index (κ3) is 5.40. The van der Waals surface area contributed by atoms with Crippen LogP contribution in [0.5, 0.6) is 11.5 Å². The Labute approximate surface area is 223 Å². The zero-order valence-corrected chi connectivity index (χ0v) is 19.8. The maximum Gasteiger partial charge on any atom is 0.343 e. The highest BCUT2D eigenvalue weighted by atomic mass is 16.8. The van der Waals surface area contributed by atoms with E-state index in [9.17, 15) is 51.2 Å². The van der Waals surface area contributed by atoms with Crippen LogP contribution in [0.2, 0.25) is 0 Å². The Kier molecular flexibility index (Phi) is 7.95. The number of carbonyl (C=O) groups excluding carboxylic acids is 2. The fraction of sp³-hybridized carbons (Fsp3) is 0. The number of benzene rings is 4. The summed E-state index contributed by atoms with van der Waals surface area (Å²) in [7, 11) is 0. The lowest BCUT2D eigenvalue weighted by atomic mass is 10.0. The van der Waals surface area contributed by atoms with E-state index in [0.717, 1.165) is 0 Å². The molecule has 16 nitrogen and oxygen atoms in total. The molecule has 0 radical (unpaired) electrons. The van der Waals surface area contributed by atoms with Crippen molar-refractivity contribution >= 4 is 45.5 Å². The second-order valence-corrected chi connectivity index (χ2v) is 7.84. The summed E-state index contributed by atoms with van der Waals surface area (Å²) in [6, 6.07) is 15.1. The maximum absolute atomic E-state index is 12.9. The van der Waals surface area contributed by atoms with E-state index in [1.165, 1.54) is 48.5 Å². The van der Waals surface area contributed by atoms with Gasteiger partial charge in [0.2, 0.25) is 0 Å². The smallest absolute Gasteiger partial charge is 0.343 e. The van der Waals surface area contributed by atoms with Crippen LogP contribution < -0.4 is 30.4 Å². The first-order valence-electron chi connectivity index (χ1n) is 10.9. The predicted molar refractivity (Wildman–Crippen MR) is 137 cm³/mol. The lowest BCUT2D eigenvalue weighted by molar-refractivity contribution is 0.0724. The van der Waals surface area contributed by atoms with E-state index < -0.39 is 77.9 Å². The third-order valence-electron chi connectivity index (χ3n) is 5.46. The minimum Gasteiger partial charge on any atom is -0.733 e. The highest BCUT2D eigenvalue weighted by Gasteiger charge is 2.28. The van der Waals surface area contributed by atoms with Crippen LogP contribution in [0.4, 0.5) is 22.7 Å². The van der Waals surface area contributed by atoms with Crippen molar-refractivity contribution < 1.29 is 39.9 Å². The normalized spacial score (nSPS) is 10.7. The fourth-order valence-corrected chi connectivity index (χ4v) is 3.75. The molecule has 0 unspecified atom stereocenters. The molecule has 0 bridgehead atoms. The zero-order chi connectivity index (χ0) is 29.1. The number of fused-ring (bicyclic) bond motifs is 1. The molecule has 0 fully saturated rings. The Balaban J connectivity index is 2.11. The molecule has 0 amide bonds. The van der Waals surface area contributed by atoms with Crippen LogP contribution in [0, 0.1) is 20.8 Å². The Morgan fingerprint density at radius 3 is 1.10 bits per heavy atom. The lowest BCUT2D eigenvalue weighted by Gasteiger charge is -2.35. The van der Waals surface area contributed by atoms with Crippen LogP contribution in [0.15, 0.2) is 72.8 Å². The summed E-state index contributed by atoms with van der Waals surface area (Å²) >= 11 is 0. The monoisotopic (exact) mass is 552 g/mol. The quantitative estimate of drug-likeness (QED) is 0.137. The summed E-state index contributed by atoms with van der Waals surface area (Å²) < 4.78 is 10.5. The molecule has 4 rings (SSSR count). The summed E-state index contributed by atoms with van der Waals surface area (Å²) in [5, 5.41) is 82.3. The van der Waals surface area contributed by atoms with Crippen LogP contribution in [0.3, 0.4) is 0 Å². The van der Waals surface area contributed by atoms with E-state index in [4.69, 9.17) is 9.47 Å². The van der Waals surface area contributed by atoms with Crippen molar-refractivity contribution in [3.05, 3.63) is 105 Å². The molecule has 0 aliphatic rings. The van der Waals surface area contributed by atoms with Gasteiger partial charge in [-0.25, -0.2) is 9.59 Å². The molecule has 4 aromatic carbocycles. The number of rotatable bonds is 8. The average molecular weight is 552 g/mol. The number of hydrogen-bond donors (Lipinski definition) is 4. The van der Waals surface area contributed by atoms with Gasteiger partial charge in [-0.1, -0.05) is 36.4 Å². The van der Waals surface area contributed by atoms with Crippen LogP contribution >= 0.6 is 0 Å². The van der Waals surface area contributed by atoms with Crippen molar-refractivity contribution in [2.24, 2.45) is 0 Å². The Bertz CT molecular complexity index is 1430. The first-order valence-corrected chi connectivity index (χ1v) is 10.9. The van der Waals surface area contributed by atoms with E-state index in [1.807, 2.05) is 0 Å². The van der Waals surface area contributed by atoms with Gasteiger partial charge in [0.25, 0.3) is 0 Å². The Morgan fingerprint density at radius 2 is 0.825 bits per heavy atom. The van der Waals surface area contributed by atoms with Crippen molar-refractivity contribution in [2.45, 2.75) is 0 Å². The SMILES string of the molecule is O=C(Oc1c(N([O-])O)cc(N([O-])O)c2c(OC(=O)c3ccccc3)c(N([O-])O)cc(N([O-])O)c12)c1ccccc1. The molecule has 0 saturated carbocycles. The van der Waals surface area contributed by atoms with Crippen LogP contribution in [-0.4, -0.2) is 32.8 Å². The largest absolute Gasteiger partial charge is 0.733 e. The topological polar surface area (TPSA) is 239 Å². The van der Waals surface area contributed by atoms with Crippen molar-refractivity contribution in [3.63, 3.8) is 0 Å². The Morgan fingerprint density at radius 1 is 0.525 bits per heavy atom. The number of anilines is 4. The van der Waals surface area contributed by atoms with Gasteiger partial charge >= 0.3 is 11.9 Å². The molecule has 208 valence electrons. The second-order valence-electron chi connectivity index (χ2n) is 7.84. The number of nitrogens with zero attached hydrogens (tertiary/aromatic N) is 4. The number of hydrogen-bond acceptors (Lipinski definition) is 16. The molecule has 0 aliphatic heterocycles. The van der Waals surface area contributed by atoms with E-state index in [-0.39, 0.29) is 11.1 Å². The van der Waals surface area contributed by atoms with Gasteiger partial charge < -0.3 is 51.2 Å². The van der Waals surface area contributed by atoms with Crippen LogP contribution in [0.1, 0.15) is 20.7 Å². The van der Waals surface area contributed by atoms with Crippen molar-refractivity contribution in [1.29, 1.82) is 0 Å². The van der Waals surface area contributed by atoms with Gasteiger partial charge in [0, 0.05) is 0 Å². The van der Waals surface area contributed by atoms with Crippen molar-refractivity contribution in [2.75, 3.05) is 20.9 Å². The standard InChI is InChI=1S/C24H16N4O12/c29-23(13-7-3-1-4-8-13)39-21-17(27(35)36)11-16(26(33)34)20-19(21)15(25(31)32)12-18(28(37)38)22(20)40-24(30)14-9-5-2-6-10-14/h1-12,31,33,35,37H/q-4. The molecule has 0 aromatic heterocycles. The van der Waals surface area contributed by atoms with Crippen molar-refractivity contribution in [3.8, 4) is 11.5 Å². The molecule has 4 aromatic rings.